The molecule has 0 bridgehead atoms. The summed E-state index contributed by atoms with van der Waals surface area (Å²) in [5.74, 6) is 3.62. The zero-order valence-electron chi connectivity index (χ0n) is 9.39. The van der Waals surface area contributed by atoms with Gasteiger partial charge in [-0.3, -0.25) is 0 Å². The number of terminal acetylenes is 1. The highest BCUT2D eigenvalue weighted by Gasteiger charge is 2.24. The molecule has 0 aromatic heterocycles. The third-order valence-electron chi connectivity index (χ3n) is 3.34. The lowest BCUT2D eigenvalue weighted by molar-refractivity contribution is 0.387. The molecule has 1 N–H and O–H groups in total. The Bertz CT molecular complexity index is 180. The average molecular weight is 193 g/mol. The molecule has 1 aliphatic carbocycles. The normalized spacial score (nSPS) is 26.3. The summed E-state index contributed by atoms with van der Waals surface area (Å²) in [5.41, 5.74) is 0. The Hall–Kier alpha value is -0.480. The first-order chi connectivity index (χ1) is 6.88. The van der Waals surface area contributed by atoms with Crippen LogP contribution in [-0.4, -0.2) is 12.6 Å². The second-order valence-corrected chi connectivity index (χ2v) is 4.32. The molecule has 1 heteroatoms. The van der Waals surface area contributed by atoms with Gasteiger partial charge in [0.25, 0.3) is 0 Å². The van der Waals surface area contributed by atoms with E-state index in [4.69, 9.17) is 6.42 Å². The van der Waals surface area contributed by atoms with Gasteiger partial charge >= 0.3 is 0 Å². The molecule has 14 heavy (non-hydrogen) atoms. The van der Waals surface area contributed by atoms with Crippen LogP contribution in [0, 0.1) is 18.3 Å². The molecule has 1 nitrogen and oxygen atoms in total. The van der Waals surface area contributed by atoms with E-state index < -0.39 is 0 Å². The molecule has 0 aromatic rings. The van der Waals surface area contributed by atoms with E-state index in [1.54, 1.807) is 0 Å². The highest BCUT2D eigenvalue weighted by molar-refractivity contribution is 4.84. The molecule has 80 valence electrons. The highest BCUT2D eigenvalue weighted by Crippen LogP contribution is 2.27. The standard InChI is InChI=1S/C13H23N/c1-3-5-6-7-11-14-13-10-8-9-12(13)4-2/h1,12-14H,4-11H2,2H3. The van der Waals surface area contributed by atoms with Gasteiger partial charge in [0.15, 0.2) is 0 Å². The molecule has 2 unspecified atom stereocenters. The van der Waals surface area contributed by atoms with Crippen LogP contribution in [0.3, 0.4) is 0 Å². The van der Waals surface area contributed by atoms with E-state index in [9.17, 15) is 0 Å². The first-order valence-corrected chi connectivity index (χ1v) is 6.05. The molecule has 0 spiro atoms. The monoisotopic (exact) mass is 193 g/mol. The van der Waals surface area contributed by atoms with Crippen LogP contribution in [0.4, 0.5) is 0 Å². The van der Waals surface area contributed by atoms with Crippen molar-refractivity contribution in [1.82, 2.24) is 5.32 Å². The Morgan fingerprint density at radius 1 is 1.36 bits per heavy atom. The largest absolute Gasteiger partial charge is 0.314 e. The van der Waals surface area contributed by atoms with Gasteiger partial charge in [-0.1, -0.05) is 19.8 Å². The maximum absolute atomic E-state index is 5.21. The van der Waals surface area contributed by atoms with Crippen LogP contribution in [0.1, 0.15) is 51.9 Å². The van der Waals surface area contributed by atoms with Gasteiger partial charge in [0.1, 0.15) is 0 Å². The van der Waals surface area contributed by atoms with Crippen molar-refractivity contribution in [3.63, 3.8) is 0 Å². The fraction of sp³-hybridized carbons (Fsp3) is 0.846. The predicted molar refractivity (Wildman–Crippen MR) is 62.1 cm³/mol. The molecule has 0 aromatic carbocycles. The molecule has 0 heterocycles. The van der Waals surface area contributed by atoms with Gasteiger partial charge in [-0.15, -0.1) is 12.3 Å². The summed E-state index contributed by atoms with van der Waals surface area (Å²) in [4.78, 5) is 0. The van der Waals surface area contributed by atoms with Crippen molar-refractivity contribution < 1.29 is 0 Å². The van der Waals surface area contributed by atoms with Crippen LogP contribution in [-0.2, 0) is 0 Å². The van der Waals surface area contributed by atoms with Crippen molar-refractivity contribution in [2.24, 2.45) is 5.92 Å². The lowest BCUT2D eigenvalue weighted by Gasteiger charge is -2.19. The number of hydrogen-bond donors (Lipinski definition) is 1. The van der Waals surface area contributed by atoms with Crippen LogP contribution in [0.5, 0.6) is 0 Å². The molecule has 0 saturated heterocycles. The van der Waals surface area contributed by atoms with Crippen LogP contribution < -0.4 is 5.32 Å². The van der Waals surface area contributed by atoms with E-state index >= 15 is 0 Å². The first kappa shape index (κ1) is 11.6. The number of hydrogen-bond acceptors (Lipinski definition) is 1. The van der Waals surface area contributed by atoms with Crippen molar-refractivity contribution in [2.45, 2.75) is 57.9 Å². The third-order valence-corrected chi connectivity index (χ3v) is 3.34. The Morgan fingerprint density at radius 2 is 2.21 bits per heavy atom. The predicted octanol–water partition coefficient (Wildman–Crippen LogP) is 2.96. The van der Waals surface area contributed by atoms with Crippen LogP contribution >= 0.6 is 0 Å². The molecule has 0 aliphatic heterocycles. The Kier molecular flexibility index (Phi) is 5.71. The van der Waals surface area contributed by atoms with Crippen molar-refractivity contribution in [3.05, 3.63) is 0 Å². The number of unbranched alkanes of at least 4 members (excludes halogenated alkanes) is 2. The number of nitrogens with one attached hydrogen (secondary N) is 1. The highest BCUT2D eigenvalue weighted by atomic mass is 14.9. The summed E-state index contributed by atoms with van der Waals surface area (Å²) >= 11 is 0. The maximum atomic E-state index is 5.21. The summed E-state index contributed by atoms with van der Waals surface area (Å²) in [6.07, 6.45) is 14.1. The van der Waals surface area contributed by atoms with E-state index in [0.29, 0.717) is 0 Å². The molecule has 0 amide bonds. The van der Waals surface area contributed by atoms with Gasteiger partial charge in [-0.25, -0.2) is 0 Å². The third kappa shape index (κ3) is 3.72. The fourth-order valence-electron chi connectivity index (χ4n) is 2.43. The SMILES string of the molecule is C#CCCCCNC1CCCC1CC. The van der Waals surface area contributed by atoms with Crippen molar-refractivity contribution in [3.8, 4) is 12.3 Å². The zero-order valence-corrected chi connectivity index (χ0v) is 9.39. The zero-order chi connectivity index (χ0) is 10.2. The van der Waals surface area contributed by atoms with Crippen molar-refractivity contribution >= 4 is 0 Å². The van der Waals surface area contributed by atoms with Crippen LogP contribution in [0.15, 0.2) is 0 Å². The molecular weight excluding hydrogens is 170 g/mol. The fourth-order valence-corrected chi connectivity index (χ4v) is 2.43. The smallest absolute Gasteiger partial charge is 0.00952 e. The van der Waals surface area contributed by atoms with Gasteiger partial charge in [-0.05, 0) is 38.1 Å². The van der Waals surface area contributed by atoms with E-state index in [-0.39, 0.29) is 0 Å². The van der Waals surface area contributed by atoms with E-state index in [1.807, 2.05) is 0 Å². The van der Waals surface area contributed by atoms with E-state index in [1.165, 1.54) is 38.5 Å². The topological polar surface area (TPSA) is 12.0 Å². The van der Waals surface area contributed by atoms with E-state index in [2.05, 4.69) is 18.2 Å². The molecule has 2 atom stereocenters. The first-order valence-electron chi connectivity index (χ1n) is 6.05. The van der Waals surface area contributed by atoms with Gasteiger partial charge < -0.3 is 5.32 Å². The Labute approximate surface area is 88.7 Å². The summed E-state index contributed by atoms with van der Waals surface area (Å²) in [5, 5.41) is 3.67. The molecule has 1 aliphatic rings. The van der Waals surface area contributed by atoms with Crippen LogP contribution in [0.2, 0.25) is 0 Å². The van der Waals surface area contributed by atoms with Crippen molar-refractivity contribution in [1.29, 1.82) is 0 Å². The molecule has 1 fully saturated rings. The molecule has 1 rings (SSSR count). The summed E-state index contributed by atoms with van der Waals surface area (Å²) in [7, 11) is 0. The Morgan fingerprint density at radius 3 is 2.93 bits per heavy atom. The second-order valence-electron chi connectivity index (χ2n) is 4.32. The quantitative estimate of drug-likeness (QED) is 0.505. The van der Waals surface area contributed by atoms with E-state index in [0.717, 1.165) is 24.9 Å². The number of rotatable bonds is 6. The lowest BCUT2D eigenvalue weighted by atomic mass is 10.0. The van der Waals surface area contributed by atoms with Gasteiger partial charge in [-0.2, -0.15) is 0 Å². The minimum Gasteiger partial charge on any atom is -0.314 e. The summed E-state index contributed by atoms with van der Waals surface area (Å²) < 4.78 is 0. The minimum absolute atomic E-state index is 0.797. The Balaban J connectivity index is 2.03. The maximum Gasteiger partial charge on any atom is 0.00952 e. The second kappa shape index (κ2) is 6.90. The molecular formula is C13H23N. The summed E-state index contributed by atoms with van der Waals surface area (Å²) in [6, 6.07) is 0.797. The lowest BCUT2D eigenvalue weighted by Crippen LogP contribution is -2.32. The van der Waals surface area contributed by atoms with Gasteiger partial charge in [0.2, 0.25) is 0 Å². The van der Waals surface area contributed by atoms with Crippen LogP contribution in [0.25, 0.3) is 0 Å². The minimum atomic E-state index is 0.797. The summed E-state index contributed by atoms with van der Waals surface area (Å²) in [6.45, 7) is 3.46. The van der Waals surface area contributed by atoms with Gasteiger partial charge in [0.05, 0.1) is 0 Å². The van der Waals surface area contributed by atoms with Crippen molar-refractivity contribution in [2.75, 3.05) is 6.54 Å². The average Bonchev–Trinajstić information content (AvgIpc) is 2.65. The van der Waals surface area contributed by atoms with Gasteiger partial charge in [0, 0.05) is 12.5 Å². The molecule has 1 saturated carbocycles. The molecule has 0 radical (unpaired) electrons.